The maximum atomic E-state index is 11.4. The lowest BCUT2D eigenvalue weighted by Crippen LogP contribution is -2.43. The Hall–Kier alpha value is -2.57. The van der Waals surface area contributed by atoms with Crippen LogP contribution in [0.1, 0.15) is 5.56 Å². The predicted octanol–water partition coefficient (Wildman–Crippen LogP) is -0.913. The van der Waals surface area contributed by atoms with Crippen LogP contribution in [0.4, 0.5) is 4.79 Å². The van der Waals surface area contributed by atoms with Crippen LogP contribution in [0.2, 0.25) is 0 Å². The van der Waals surface area contributed by atoms with Gasteiger partial charge >= 0.3 is 6.03 Å². The van der Waals surface area contributed by atoms with Crippen molar-refractivity contribution in [2.45, 2.75) is 6.54 Å². The van der Waals surface area contributed by atoms with Crippen LogP contribution in [0.25, 0.3) is 0 Å². The molecule has 7 nitrogen and oxygen atoms in total. The van der Waals surface area contributed by atoms with Crippen LogP contribution in [-0.2, 0) is 16.1 Å². The number of urea groups is 1. The Morgan fingerprint density at radius 3 is 2.26 bits per heavy atom. The SMILES string of the molecule is NC(=O)CNC(=O)CNC(=O)NCc1ccccc1. The third kappa shape index (κ3) is 6.67. The van der Waals surface area contributed by atoms with Crippen molar-refractivity contribution < 1.29 is 14.4 Å². The fourth-order valence-corrected chi connectivity index (χ4v) is 1.25. The molecule has 0 aliphatic heterocycles. The number of nitrogens with two attached hydrogens (primary N) is 1. The molecule has 0 spiro atoms. The number of carbonyl (C=O) groups excluding carboxylic acids is 3. The van der Waals surface area contributed by atoms with Crippen molar-refractivity contribution in [2.75, 3.05) is 13.1 Å². The number of carbonyl (C=O) groups is 3. The number of amides is 4. The number of hydrogen-bond donors (Lipinski definition) is 4. The average molecular weight is 264 g/mol. The zero-order valence-electron chi connectivity index (χ0n) is 10.3. The lowest BCUT2D eigenvalue weighted by Gasteiger charge is -2.07. The van der Waals surface area contributed by atoms with Gasteiger partial charge in [-0.2, -0.15) is 0 Å². The molecule has 0 atom stereocenters. The van der Waals surface area contributed by atoms with E-state index in [0.717, 1.165) is 5.56 Å². The van der Waals surface area contributed by atoms with Gasteiger partial charge in [-0.25, -0.2) is 4.79 Å². The maximum Gasteiger partial charge on any atom is 0.315 e. The van der Waals surface area contributed by atoms with Gasteiger partial charge in [-0.15, -0.1) is 0 Å². The number of primary amides is 1. The molecule has 4 amide bonds. The zero-order chi connectivity index (χ0) is 14.1. The summed E-state index contributed by atoms with van der Waals surface area (Å²) in [5, 5.41) is 7.21. The summed E-state index contributed by atoms with van der Waals surface area (Å²) in [7, 11) is 0. The van der Waals surface area contributed by atoms with Crippen LogP contribution in [0.5, 0.6) is 0 Å². The normalized spacial score (nSPS) is 9.47. The molecule has 0 aliphatic rings. The fourth-order valence-electron chi connectivity index (χ4n) is 1.25. The van der Waals surface area contributed by atoms with E-state index in [-0.39, 0.29) is 13.1 Å². The van der Waals surface area contributed by atoms with E-state index in [4.69, 9.17) is 5.73 Å². The van der Waals surface area contributed by atoms with Crippen LogP contribution < -0.4 is 21.7 Å². The highest BCUT2D eigenvalue weighted by molar-refractivity contribution is 5.87. The maximum absolute atomic E-state index is 11.4. The summed E-state index contributed by atoms with van der Waals surface area (Å²) >= 11 is 0. The first-order chi connectivity index (χ1) is 9.08. The summed E-state index contributed by atoms with van der Waals surface area (Å²) < 4.78 is 0. The molecule has 1 aromatic rings. The lowest BCUT2D eigenvalue weighted by molar-refractivity contribution is -0.124. The van der Waals surface area contributed by atoms with Gasteiger partial charge in [0.1, 0.15) is 0 Å². The van der Waals surface area contributed by atoms with E-state index in [2.05, 4.69) is 16.0 Å². The summed E-state index contributed by atoms with van der Waals surface area (Å²) in [4.78, 5) is 32.9. The highest BCUT2D eigenvalue weighted by Crippen LogP contribution is 1.96. The van der Waals surface area contributed by atoms with Crippen LogP contribution in [0, 0.1) is 0 Å². The van der Waals surface area contributed by atoms with E-state index in [1.807, 2.05) is 30.3 Å². The first-order valence-electron chi connectivity index (χ1n) is 5.68. The summed E-state index contributed by atoms with van der Waals surface area (Å²) in [6.07, 6.45) is 0. The minimum atomic E-state index is -0.637. The van der Waals surface area contributed by atoms with E-state index in [0.29, 0.717) is 6.54 Å². The minimum Gasteiger partial charge on any atom is -0.368 e. The lowest BCUT2D eigenvalue weighted by atomic mass is 10.2. The molecule has 1 aromatic carbocycles. The molecule has 0 bridgehead atoms. The highest BCUT2D eigenvalue weighted by atomic mass is 16.2. The van der Waals surface area contributed by atoms with Gasteiger partial charge in [0.25, 0.3) is 0 Å². The molecule has 0 fully saturated rings. The summed E-state index contributed by atoms with van der Waals surface area (Å²) in [6, 6.07) is 8.91. The topological polar surface area (TPSA) is 113 Å². The summed E-state index contributed by atoms with van der Waals surface area (Å²) in [5.41, 5.74) is 5.81. The summed E-state index contributed by atoms with van der Waals surface area (Å²) in [6.45, 7) is -0.0877. The second kappa shape index (κ2) is 7.70. The van der Waals surface area contributed by atoms with Crippen molar-refractivity contribution >= 4 is 17.8 Å². The highest BCUT2D eigenvalue weighted by Gasteiger charge is 2.05. The number of benzene rings is 1. The van der Waals surface area contributed by atoms with Crippen molar-refractivity contribution in [1.82, 2.24) is 16.0 Å². The molecular weight excluding hydrogens is 248 g/mol. The van der Waals surface area contributed by atoms with E-state index in [9.17, 15) is 14.4 Å². The van der Waals surface area contributed by atoms with Gasteiger partial charge in [-0.1, -0.05) is 30.3 Å². The van der Waals surface area contributed by atoms with Crippen molar-refractivity contribution in [1.29, 1.82) is 0 Å². The standard InChI is InChI=1S/C12H16N4O3/c13-10(17)7-14-11(18)8-16-12(19)15-6-9-4-2-1-3-5-9/h1-5H,6-8H2,(H2,13,17)(H,14,18)(H2,15,16,19). The third-order valence-corrected chi connectivity index (χ3v) is 2.17. The van der Waals surface area contributed by atoms with E-state index in [1.54, 1.807) is 0 Å². The minimum absolute atomic E-state index is 0.214. The molecule has 1 rings (SSSR count). The molecule has 7 heteroatoms. The van der Waals surface area contributed by atoms with Crippen molar-refractivity contribution in [3.63, 3.8) is 0 Å². The van der Waals surface area contributed by atoms with Gasteiger partial charge in [-0.05, 0) is 5.56 Å². The monoisotopic (exact) mass is 264 g/mol. The molecule has 0 saturated carbocycles. The summed E-state index contributed by atoms with van der Waals surface area (Å²) in [5.74, 6) is -1.12. The smallest absolute Gasteiger partial charge is 0.315 e. The molecular formula is C12H16N4O3. The van der Waals surface area contributed by atoms with Crippen LogP contribution >= 0.6 is 0 Å². The van der Waals surface area contributed by atoms with Gasteiger partial charge in [0.05, 0.1) is 13.1 Å². The Labute approximate surface area is 110 Å². The van der Waals surface area contributed by atoms with Crippen LogP contribution in [-0.4, -0.2) is 30.9 Å². The molecule has 0 radical (unpaired) electrons. The molecule has 0 aliphatic carbocycles. The van der Waals surface area contributed by atoms with E-state index >= 15 is 0 Å². The average Bonchev–Trinajstić information content (AvgIpc) is 2.41. The molecule has 102 valence electrons. The van der Waals surface area contributed by atoms with Gasteiger partial charge < -0.3 is 21.7 Å². The first kappa shape index (κ1) is 14.5. The quantitative estimate of drug-likeness (QED) is 0.533. The molecule has 5 N–H and O–H groups in total. The molecule has 0 heterocycles. The van der Waals surface area contributed by atoms with Gasteiger partial charge in [-0.3, -0.25) is 9.59 Å². The Balaban J connectivity index is 2.17. The van der Waals surface area contributed by atoms with Gasteiger partial charge in [0.2, 0.25) is 11.8 Å². The number of hydrogen-bond acceptors (Lipinski definition) is 3. The largest absolute Gasteiger partial charge is 0.368 e. The second-order valence-corrected chi connectivity index (χ2v) is 3.76. The van der Waals surface area contributed by atoms with Crippen LogP contribution in [0.15, 0.2) is 30.3 Å². The van der Waals surface area contributed by atoms with Crippen molar-refractivity contribution in [2.24, 2.45) is 5.73 Å². The molecule has 0 aromatic heterocycles. The van der Waals surface area contributed by atoms with Crippen LogP contribution in [0.3, 0.4) is 0 Å². The Morgan fingerprint density at radius 2 is 1.63 bits per heavy atom. The number of nitrogens with one attached hydrogen (secondary N) is 3. The second-order valence-electron chi connectivity index (χ2n) is 3.76. The Morgan fingerprint density at radius 1 is 0.947 bits per heavy atom. The van der Waals surface area contributed by atoms with Crippen molar-refractivity contribution in [3.05, 3.63) is 35.9 Å². The number of rotatable bonds is 6. The molecule has 0 unspecified atom stereocenters. The Bertz CT molecular complexity index is 448. The fraction of sp³-hybridized carbons (Fsp3) is 0.250. The molecule has 19 heavy (non-hydrogen) atoms. The van der Waals surface area contributed by atoms with E-state index in [1.165, 1.54) is 0 Å². The zero-order valence-corrected chi connectivity index (χ0v) is 10.3. The first-order valence-corrected chi connectivity index (χ1v) is 5.68. The third-order valence-electron chi connectivity index (χ3n) is 2.17. The van der Waals surface area contributed by atoms with E-state index < -0.39 is 17.8 Å². The Kier molecular flexibility index (Phi) is 5.87. The molecule has 0 saturated heterocycles. The van der Waals surface area contributed by atoms with Gasteiger partial charge in [0.15, 0.2) is 0 Å². The van der Waals surface area contributed by atoms with Gasteiger partial charge in [0, 0.05) is 6.54 Å². The predicted molar refractivity (Wildman–Crippen MR) is 68.9 cm³/mol. The van der Waals surface area contributed by atoms with Crippen molar-refractivity contribution in [3.8, 4) is 0 Å².